The Labute approximate surface area is 182 Å². The second kappa shape index (κ2) is 6.99. The van der Waals surface area contributed by atoms with E-state index < -0.39 is 17.9 Å². The van der Waals surface area contributed by atoms with Crippen molar-refractivity contribution in [3.63, 3.8) is 0 Å². The minimum atomic E-state index is -0.631. The molecular formula is C26H26N2O3. The molecule has 5 rings (SSSR count). The summed E-state index contributed by atoms with van der Waals surface area (Å²) in [6.45, 7) is 7.06. The van der Waals surface area contributed by atoms with Crippen molar-refractivity contribution in [3.05, 3.63) is 77.9 Å². The number of amides is 2. The van der Waals surface area contributed by atoms with E-state index in [1.807, 2.05) is 29.2 Å². The van der Waals surface area contributed by atoms with Crippen LogP contribution in [0, 0.1) is 11.8 Å². The van der Waals surface area contributed by atoms with Gasteiger partial charge in [0, 0.05) is 12.6 Å². The lowest BCUT2D eigenvalue weighted by Gasteiger charge is -2.33. The van der Waals surface area contributed by atoms with Crippen molar-refractivity contribution < 1.29 is 14.4 Å². The minimum Gasteiger partial charge on any atom is -0.293 e. The standard InChI is InChI=1S/C26H26N2O3/c1-26(2,3)17-11-9-16(10-12-17)15-27-19-13-14-20(29)23(27)22-21(19)24(30)28(25(22)31)18-7-5-4-6-8-18/h4-14,19,21-23H,15H2,1-3H3/t19-,21+,22+,23-/m0/s1. The van der Waals surface area contributed by atoms with Gasteiger partial charge in [0.25, 0.3) is 0 Å². The summed E-state index contributed by atoms with van der Waals surface area (Å²) in [6.07, 6.45) is 3.37. The van der Waals surface area contributed by atoms with Crippen LogP contribution in [0.15, 0.2) is 66.7 Å². The quantitative estimate of drug-likeness (QED) is 0.722. The predicted octanol–water partition coefficient (Wildman–Crippen LogP) is 3.48. The molecule has 0 aromatic heterocycles. The van der Waals surface area contributed by atoms with Gasteiger partial charge in [-0.2, -0.15) is 0 Å². The molecule has 3 aliphatic rings. The summed E-state index contributed by atoms with van der Waals surface area (Å²) in [5.41, 5.74) is 2.96. The molecule has 158 valence electrons. The predicted molar refractivity (Wildman–Crippen MR) is 118 cm³/mol. The third kappa shape index (κ3) is 3.07. The largest absolute Gasteiger partial charge is 0.293 e. The van der Waals surface area contributed by atoms with Gasteiger partial charge in [-0.1, -0.05) is 69.3 Å². The van der Waals surface area contributed by atoms with Gasteiger partial charge in [-0.3, -0.25) is 19.3 Å². The van der Waals surface area contributed by atoms with Crippen molar-refractivity contribution in [2.45, 2.75) is 44.8 Å². The zero-order valence-electron chi connectivity index (χ0n) is 18.0. The van der Waals surface area contributed by atoms with Gasteiger partial charge in [-0.15, -0.1) is 0 Å². The van der Waals surface area contributed by atoms with Crippen LogP contribution < -0.4 is 4.90 Å². The third-order valence-corrected chi connectivity index (χ3v) is 6.80. The van der Waals surface area contributed by atoms with Crippen molar-refractivity contribution in [1.82, 2.24) is 4.90 Å². The highest BCUT2D eigenvalue weighted by molar-refractivity contribution is 6.24. The van der Waals surface area contributed by atoms with E-state index >= 15 is 0 Å². The summed E-state index contributed by atoms with van der Waals surface area (Å²) in [5, 5.41) is 0. The van der Waals surface area contributed by atoms with Gasteiger partial charge in [-0.05, 0) is 34.8 Å². The van der Waals surface area contributed by atoms with E-state index in [4.69, 9.17) is 0 Å². The van der Waals surface area contributed by atoms with Crippen LogP contribution in [0.5, 0.6) is 0 Å². The normalized spacial score (nSPS) is 27.8. The molecule has 2 aromatic rings. The Kier molecular flexibility index (Phi) is 4.48. The number of rotatable bonds is 3. The van der Waals surface area contributed by atoms with Crippen molar-refractivity contribution in [2.24, 2.45) is 11.8 Å². The Morgan fingerprint density at radius 1 is 0.839 bits per heavy atom. The molecule has 4 atom stereocenters. The molecule has 5 nitrogen and oxygen atoms in total. The molecule has 0 N–H and O–H groups in total. The average Bonchev–Trinajstić information content (AvgIpc) is 3.12. The van der Waals surface area contributed by atoms with E-state index in [9.17, 15) is 14.4 Å². The summed E-state index contributed by atoms with van der Waals surface area (Å²) < 4.78 is 0. The molecule has 0 radical (unpaired) electrons. The number of carbonyl (C=O) groups is 3. The topological polar surface area (TPSA) is 57.7 Å². The Morgan fingerprint density at radius 2 is 1.48 bits per heavy atom. The Morgan fingerprint density at radius 3 is 2.13 bits per heavy atom. The van der Waals surface area contributed by atoms with E-state index in [0.717, 1.165) is 5.56 Å². The first-order valence-corrected chi connectivity index (χ1v) is 10.8. The summed E-state index contributed by atoms with van der Waals surface area (Å²) >= 11 is 0. The number of carbonyl (C=O) groups excluding carboxylic acids is 3. The number of anilines is 1. The smallest absolute Gasteiger partial charge is 0.239 e. The first-order valence-electron chi connectivity index (χ1n) is 10.8. The SMILES string of the molecule is CC(C)(C)c1ccc(CN2[C@H]3C=CC(=O)[C@H]2[C@@H]2C(=O)N(c4ccccc4)C(=O)[C@@H]23)cc1. The summed E-state index contributed by atoms with van der Waals surface area (Å²) in [5.74, 6) is -1.71. The molecule has 0 saturated carbocycles. The van der Waals surface area contributed by atoms with Gasteiger partial charge in [-0.25, -0.2) is 4.90 Å². The van der Waals surface area contributed by atoms with Crippen LogP contribution in [-0.4, -0.2) is 34.6 Å². The van der Waals surface area contributed by atoms with Crippen molar-refractivity contribution in [2.75, 3.05) is 4.90 Å². The number of hydrogen-bond acceptors (Lipinski definition) is 4. The molecule has 0 unspecified atom stereocenters. The number of hydrogen-bond donors (Lipinski definition) is 0. The molecule has 3 heterocycles. The van der Waals surface area contributed by atoms with Gasteiger partial charge in [0.2, 0.25) is 11.8 Å². The van der Waals surface area contributed by atoms with Crippen LogP contribution in [-0.2, 0) is 26.3 Å². The zero-order valence-corrected chi connectivity index (χ0v) is 18.0. The van der Waals surface area contributed by atoms with Crippen LogP contribution in [0.25, 0.3) is 0 Å². The molecular weight excluding hydrogens is 388 g/mol. The molecule has 3 aliphatic heterocycles. The van der Waals surface area contributed by atoms with Gasteiger partial charge >= 0.3 is 0 Å². The van der Waals surface area contributed by atoms with Crippen LogP contribution in [0.2, 0.25) is 0 Å². The zero-order chi connectivity index (χ0) is 21.9. The highest BCUT2D eigenvalue weighted by atomic mass is 16.2. The number of fused-ring (bicyclic) bond motifs is 5. The molecule has 5 heteroatoms. The third-order valence-electron chi connectivity index (χ3n) is 6.80. The maximum atomic E-state index is 13.3. The number of imide groups is 1. The van der Waals surface area contributed by atoms with Crippen LogP contribution in [0.1, 0.15) is 31.9 Å². The summed E-state index contributed by atoms with van der Waals surface area (Å²) in [4.78, 5) is 42.9. The molecule has 0 aliphatic carbocycles. The molecule has 2 fully saturated rings. The van der Waals surface area contributed by atoms with E-state index in [2.05, 4.69) is 45.0 Å². The van der Waals surface area contributed by atoms with E-state index in [0.29, 0.717) is 12.2 Å². The summed E-state index contributed by atoms with van der Waals surface area (Å²) in [6, 6.07) is 16.6. The van der Waals surface area contributed by atoms with Crippen molar-refractivity contribution in [1.29, 1.82) is 0 Å². The fourth-order valence-corrected chi connectivity index (χ4v) is 5.22. The van der Waals surface area contributed by atoms with Crippen LogP contribution in [0.3, 0.4) is 0 Å². The first-order chi connectivity index (χ1) is 14.8. The average molecular weight is 415 g/mol. The highest BCUT2D eigenvalue weighted by Gasteiger charge is 2.64. The molecule has 2 amide bonds. The number of benzene rings is 2. The monoisotopic (exact) mass is 414 g/mol. The summed E-state index contributed by atoms with van der Waals surface area (Å²) in [7, 11) is 0. The molecule has 2 aromatic carbocycles. The Bertz CT molecular complexity index is 1080. The van der Waals surface area contributed by atoms with Gasteiger partial charge in [0.1, 0.15) is 0 Å². The second-order valence-electron chi connectivity index (χ2n) is 9.72. The van der Waals surface area contributed by atoms with Gasteiger partial charge in [0.15, 0.2) is 5.78 Å². The maximum absolute atomic E-state index is 13.3. The Balaban J connectivity index is 1.46. The van der Waals surface area contributed by atoms with E-state index in [-0.39, 0.29) is 29.1 Å². The fourth-order valence-electron chi connectivity index (χ4n) is 5.22. The van der Waals surface area contributed by atoms with Crippen LogP contribution >= 0.6 is 0 Å². The fraction of sp³-hybridized carbons (Fsp3) is 0.346. The van der Waals surface area contributed by atoms with Gasteiger partial charge in [0.05, 0.1) is 23.6 Å². The van der Waals surface area contributed by atoms with Crippen molar-refractivity contribution >= 4 is 23.3 Å². The van der Waals surface area contributed by atoms with Gasteiger partial charge < -0.3 is 0 Å². The highest BCUT2D eigenvalue weighted by Crippen LogP contribution is 2.47. The Hall–Kier alpha value is -3.05. The first kappa shape index (κ1) is 19.9. The lowest BCUT2D eigenvalue weighted by atomic mass is 9.86. The number of nitrogens with zero attached hydrogens (tertiary/aromatic N) is 2. The second-order valence-corrected chi connectivity index (χ2v) is 9.72. The molecule has 2 bridgehead atoms. The van der Waals surface area contributed by atoms with E-state index in [1.165, 1.54) is 10.5 Å². The van der Waals surface area contributed by atoms with E-state index in [1.54, 1.807) is 18.2 Å². The number of ketones is 1. The lowest BCUT2D eigenvalue weighted by Crippen LogP contribution is -2.48. The molecule has 0 spiro atoms. The molecule has 31 heavy (non-hydrogen) atoms. The maximum Gasteiger partial charge on any atom is 0.239 e. The lowest BCUT2D eigenvalue weighted by molar-refractivity contribution is -0.129. The van der Waals surface area contributed by atoms with Crippen LogP contribution in [0.4, 0.5) is 5.69 Å². The molecule has 2 saturated heterocycles. The minimum absolute atomic E-state index is 0.0676. The number of para-hydroxylation sites is 1. The van der Waals surface area contributed by atoms with Crippen molar-refractivity contribution in [3.8, 4) is 0 Å².